The third-order valence-corrected chi connectivity index (χ3v) is 5.81. The molecule has 1 saturated heterocycles. The van der Waals surface area contributed by atoms with Crippen LogP contribution in [0.3, 0.4) is 0 Å². The number of aromatic amines is 1. The molecule has 2 aliphatic heterocycles. The summed E-state index contributed by atoms with van der Waals surface area (Å²) in [5, 5.41) is 4.91. The molecule has 1 aromatic heterocycles. The number of fused-ring (bicyclic) bond motifs is 1. The van der Waals surface area contributed by atoms with E-state index in [4.69, 9.17) is 0 Å². The van der Waals surface area contributed by atoms with E-state index >= 15 is 0 Å². The van der Waals surface area contributed by atoms with E-state index in [0.29, 0.717) is 16.7 Å². The Morgan fingerprint density at radius 3 is 2.41 bits per heavy atom. The minimum Gasteiger partial charge on any atom is -0.331 e. The molecule has 3 aromatic rings. The van der Waals surface area contributed by atoms with Gasteiger partial charge in [-0.05, 0) is 40.5 Å². The Morgan fingerprint density at radius 2 is 1.72 bits per heavy atom. The smallest absolute Gasteiger partial charge is 0.322 e. The Kier molecular flexibility index (Phi) is 4.40. The van der Waals surface area contributed by atoms with Crippen LogP contribution in [0.15, 0.2) is 65.6 Å². The van der Waals surface area contributed by atoms with E-state index in [1.165, 1.54) is 29.3 Å². The Bertz CT molecular complexity index is 1330. The highest BCUT2D eigenvalue weighted by atomic mass is 19.1. The molecule has 0 aliphatic carbocycles. The molecule has 1 atom stereocenters. The fourth-order valence-corrected chi connectivity index (χ4v) is 4.22. The van der Waals surface area contributed by atoms with Crippen molar-refractivity contribution in [2.45, 2.75) is 12.1 Å². The number of H-pyrrole nitrogens is 1. The standard InChI is InChI=1S/C23H17FN4O4/c24-17-6-3-15-11-28(20(30)18(15)10-17)12-23(21(31)26-22(32)27-23)16-4-1-13(2-5-16)14-7-8-25-19(29)9-14/h1-10H,11-12H2,(H,25,29)(H2,26,27,31,32). The van der Waals surface area contributed by atoms with Gasteiger partial charge in [0.05, 0.1) is 6.54 Å². The van der Waals surface area contributed by atoms with Crippen LogP contribution >= 0.6 is 0 Å². The lowest BCUT2D eigenvalue weighted by Crippen LogP contribution is -2.52. The van der Waals surface area contributed by atoms with Crippen molar-refractivity contribution in [2.24, 2.45) is 0 Å². The molecule has 32 heavy (non-hydrogen) atoms. The lowest BCUT2D eigenvalue weighted by atomic mass is 9.88. The normalized spacial score (nSPS) is 19.7. The molecule has 3 heterocycles. The van der Waals surface area contributed by atoms with Gasteiger partial charge in [-0.15, -0.1) is 0 Å². The van der Waals surface area contributed by atoms with E-state index in [0.717, 1.165) is 5.56 Å². The number of pyridine rings is 1. The first kappa shape index (κ1) is 19.7. The van der Waals surface area contributed by atoms with Crippen molar-refractivity contribution in [1.82, 2.24) is 20.5 Å². The maximum absolute atomic E-state index is 13.6. The molecular formula is C23H17FN4O4. The van der Waals surface area contributed by atoms with Crippen LogP contribution in [0.4, 0.5) is 9.18 Å². The molecule has 0 bridgehead atoms. The van der Waals surface area contributed by atoms with Crippen molar-refractivity contribution in [3.8, 4) is 11.1 Å². The molecule has 4 amide bonds. The maximum Gasteiger partial charge on any atom is 0.322 e. The lowest BCUT2D eigenvalue weighted by molar-refractivity contribution is -0.124. The van der Waals surface area contributed by atoms with Crippen molar-refractivity contribution >= 4 is 17.8 Å². The summed E-state index contributed by atoms with van der Waals surface area (Å²) in [6.45, 7) is 0.0777. The second-order valence-corrected chi connectivity index (χ2v) is 7.80. The summed E-state index contributed by atoms with van der Waals surface area (Å²) in [6.07, 6.45) is 1.54. The summed E-state index contributed by atoms with van der Waals surface area (Å²) >= 11 is 0. The summed E-state index contributed by atoms with van der Waals surface area (Å²) in [7, 11) is 0. The number of hydrogen-bond donors (Lipinski definition) is 3. The predicted octanol–water partition coefficient (Wildman–Crippen LogP) is 1.87. The molecular weight excluding hydrogens is 415 g/mol. The third-order valence-electron chi connectivity index (χ3n) is 5.81. The molecule has 160 valence electrons. The molecule has 0 saturated carbocycles. The van der Waals surface area contributed by atoms with Gasteiger partial charge in [0.1, 0.15) is 5.82 Å². The number of nitrogens with zero attached hydrogens (tertiary/aromatic N) is 1. The molecule has 9 heteroatoms. The second-order valence-electron chi connectivity index (χ2n) is 7.80. The summed E-state index contributed by atoms with van der Waals surface area (Å²) in [4.78, 5) is 53.4. The Balaban J connectivity index is 1.50. The molecule has 5 rings (SSSR count). The predicted molar refractivity (Wildman–Crippen MR) is 112 cm³/mol. The zero-order valence-corrected chi connectivity index (χ0v) is 16.6. The number of rotatable bonds is 4. The number of halogens is 1. The van der Waals surface area contributed by atoms with Crippen LogP contribution in [0, 0.1) is 5.82 Å². The lowest BCUT2D eigenvalue weighted by Gasteiger charge is -2.31. The highest BCUT2D eigenvalue weighted by Crippen LogP contribution is 2.32. The Labute approximate surface area is 181 Å². The highest BCUT2D eigenvalue weighted by molar-refractivity contribution is 6.08. The quantitative estimate of drug-likeness (QED) is 0.547. The Hall–Kier alpha value is -4.27. The van der Waals surface area contributed by atoms with E-state index < -0.39 is 29.2 Å². The summed E-state index contributed by atoms with van der Waals surface area (Å²) < 4.78 is 13.6. The molecule has 8 nitrogen and oxygen atoms in total. The summed E-state index contributed by atoms with van der Waals surface area (Å²) in [6, 6.07) is 13.4. The maximum atomic E-state index is 13.6. The van der Waals surface area contributed by atoms with Crippen molar-refractivity contribution in [3.63, 3.8) is 0 Å². The largest absolute Gasteiger partial charge is 0.331 e. The number of hydrogen-bond acceptors (Lipinski definition) is 4. The molecule has 1 fully saturated rings. The molecule has 2 aliphatic rings. The number of nitrogens with one attached hydrogen (secondary N) is 3. The molecule has 2 aromatic carbocycles. The number of carbonyl (C=O) groups is 3. The van der Waals surface area contributed by atoms with Gasteiger partial charge in [0.15, 0.2) is 5.54 Å². The van der Waals surface area contributed by atoms with Gasteiger partial charge in [-0.2, -0.15) is 0 Å². The van der Waals surface area contributed by atoms with Crippen LogP contribution in [0.2, 0.25) is 0 Å². The van der Waals surface area contributed by atoms with Gasteiger partial charge in [0.25, 0.3) is 11.8 Å². The van der Waals surface area contributed by atoms with Crippen LogP contribution in [-0.2, 0) is 16.9 Å². The van der Waals surface area contributed by atoms with Crippen molar-refractivity contribution in [1.29, 1.82) is 0 Å². The van der Waals surface area contributed by atoms with Crippen LogP contribution in [0.25, 0.3) is 11.1 Å². The first-order valence-electron chi connectivity index (χ1n) is 9.87. The van der Waals surface area contributed by atoms with Gasteiger partial charge in [0.2, 0.25) is 5.56 Å². The minimum atomic E-state index is -1.50. The topological polar surface area (TPSA) is 111 Å². The van der Waals surface area contributed by atoms with Gasteiger partial charge in [0, 0.05) is 24.4 Å². The van der Waals surface area contributed by atoms with E-state index in [1.807, 2.05) is 0 Å². The Morgan fingerprint density at radius 1 is 0.938 bits per heavy atom. The van der Waals surface area contributed by atoms with E-state index in [-0.39, 0.29) is 24.2 Å². The molecule has 3 N–H and O–H groups in total. The van der Waals surface area contributed by atoms with Gasteiger partial charge in [-0.3, -0.25) is 19.7 Å². The highest BCUT2D eigenvalue weighted by Gasteiger charge is 2.50. The second kappa shape index (κ2) is 7.16. The SMILES string of the molecule is O=C1NC(=O)C(CN2Cc3ccc(F)cc3C2=O)(c2ccc(-c3cc[nH]c(=O)c3)cc2)N1. The number of imide groups is 1. The van der Waals surface area contributed by atoms with Gasteiger partial charge < -0.3 is 15.2 Å². The van der Waals surface area contributed by atoms with E-state index in [9.17, 15) is 23.6 Å². The molecule has 1 unspecified atom stereocenters. The molecule has 0 radical (unpaired) electrons. The van der Waals surface area contributed by atoms with Crippen LogP contribution in [0.1, 0.15) is 21.5 Å². The zero-order valence-electron chi connectivity index (χ0n) is 16.6. The zero-order chi connectivity index (χ0) is 22.5. The molecule has 0 spiro atoms. The number of aromatic nitrogens is 1. The van der Waals surface area contributed by atoms with Crippen molar-refractivity contribution in [2.75, 3.05) is 6.54 Å². The average molecular weight is 432 g/mol. The van der Waals surface area contributed by atoms with E-state index in [1.54, 1.807) is 36.4 Å². The number of amides is 4. The third kappa shape index (κ3) is 3.15. The fraction of sp³-hybridized carbons (Fsp3) is 0.130. The van der Waals surface area contributed by atoms with Crippen molar-refractivity contribution < 1.29 is 18.8 Å². The minimum absolute atomic E-state index is 0.121. The summed E-state index contributed by atoms with van der Waals surface area (Å²) in [5.74, 6) is -1.51. The van der Waals surface area contributed by atoms with Gasteiger partial charge >= 0.3 is 6.03 Å². The van der Waals surface area contributed by atoms with Gasteiger partial charge in [-0.1, -0.05) is 30.3 Å². The number of benzene rings is 2. The van der Waals surface area contributed by atoms with Gasteiger partial charge in [-0.25, -0.2) is 9.18 Å². The fourth-order valence-electron chi connectivity index (χ4n) is 4.22. The van der Waals surface area contributed by atoms with Crippen molar-refractivity contribution in [3.05, 3.63) is 93.7 Å². The van der Waals surface area contributed by atoms with Crippen LogP contribution < -0.4 is 16.2 Å². The first-order valence-corrected chi connectivity index (χ1v) is 9.87. The summed E-state index contributed by atoms with van der Waals surface area (Å²) in [5.41, 5.74) is 1.08. The van der Waals surface area contributed by atoms with Crippen LogP contribution in [-0.4, -0.2) is 34.3 Å². The van der Waals surface area contributed by atoms with E-state index in [2.05, 4.69) is 15.6 Å². The van der Waals surface area contributed by atoms with Crippen LogP contribution in [0.5, 0.6) is 0 Å². The number of urea groups is 1. The number of carbonyl (C=O) groups excluding carboxylic acids is 3. The average Bonchev–Trinajstić information content (AvgIpc) is 3.24. The first-order chi connectivity index (χ1) is 15.4. The monoisotopic (exact) mass is 432 g/mol.